The van der Waals surface area contributed by atoms with E-state index < -0.39 is 11.7 Å². The van der Waals surface area contributed by atoms with Crippen molar-refractivity contribution in [1.82, 2.24) is 5.32 Å². The summed E-state index contributed by atoms with van der Waals surface area (Å²) in [5, 5.41) is 2.82. The molecule has 0 aromatic heterocycles. The van der Waals surface area contributed by atoms with Gasteiger partial charge in [0.2, 0.25) is 0 Å². The SMILES string of the molecule is C=C[C@@H](Cc1ccc(OCc2ccccc2)cc1)NC(=O)OC(C)(C)C. The Hall–Kier alpha value is -2.75. The van der Waals surface area contributed by atoms with Gasteiger partial charge in [-0.1, -0.05) is 48.5 Å². The first-order chi connectivity index (χ1) is 12.4. The lowest BCUT2D eigenvalue weighted by molar-refractivity contribution is 0.0514. The molecule has 0 aliphatic carbocycles. The highest BCUT2D eigenvalue weighted by atomic mass is 16.6. The van der Waals surface area contributed by atoms with Crippen molar-refractivity contribution < 1.29 is 14.3 Å². The normalized spacial score (nSPS) is 12.1. The molecule has 0 aliphatic rings. The molecule has 1 N–H and O–H groups in total. The van der Waals surface area contributed by atoms with E-state index in [1.54, 1.807) is 6.08 Å². The minimum atomic E-state index is -0.520. The molecule has 0 spiro atoms. The lowest BCUT2D eigenvalue weighted by Crippen LogP contribution is -2.39. The maximum atomic E-state index is 11.9. The van der Waals surface area contributed by atoms with Gasteiger partial charge in [0.1, 0.15) is 18.0 Å². The predicted molar refractivity (Wildman–Crippen MR) is 104 cm³/mol. The number of amides is 1. The van der Waals surface area contributed by atoms with Crippen molar-refractivity contribution in [3.05, 3.63) is 78.4 Å². The fourth-order valence-corrected chi connectivity index (χ4v) is 2.37. The van der Waals surface area contributed by atoms with E-state index >= 15 is 0 Å². The molecule has 2 aromatic carbocycles. The van der Waals surface area contributed by atoms with E-state index in [0.29, 0.717) is 13.0 Å². The van der Waals surface area contributed by atoms with Crippen molar-refractivity contribution in [3.63, 3.8) is 0 Å². The molecule has 1 amide bonds. The van der Waals surface area contributed by atoms with Gasteiger partial charge in [-0.05, 0) is 50.5 Å². The molecule has 0 fully saturated rings. The molecule has 0 radical (unpaired) electrons. The number of nitrogens with one attached hydrogen (secondary N) is 1. The molecular formula is C22H27NO3. The molecule has 4 nitrogen and oxygen atoms in total. The van der Waals surface area contributed by atoms with Crippen molar-refractivity contribution in [2.24, 2.45) is 0 Å². The lowest BCUT2D eigenvalue weighted by atomic mass is 10.1. The molecule has 0 bridgehead atoms. The summed E-state index contributed by atoms with van der Waals surface area (Å²) < 4.78 is 11.1. The molecule has 0 unspecified atom stereocenters. The zero-order chi connectivity index (χ0) is 19.0. The van der Waals surface area contributed by atoms with Gasteiger partial charge in [0.25, 0.3) is 0 Å². The average Bonchev–Trinajstić information content (AvgIpc) is 2.60. The van der Waals surface area contributed by atoms with Crippen LogP contribution in [-0.2, 0) is 17.8 Å². The molecule has 4 heteroatoms. The average molecular weight is 353 g/mol. The largest absolute Gasteiger partial charge is 0.489 e. The third-order valence-electron chi connectivity index (χ3n) is 3.61. The van der Waals surface area contributed by atoms with Gasteiger partial charge in [-0.2, -0.15) is 0 Å². The van der Waals surface area contributed by atoms with Crippen LogP contribution in [0.2, 0.25) is 0 Å². The number of carbonyl (C=O) groups excluding carboxylic acids is 1. The van der Waals surface area contributed by atoms with Crippen LogP contribution < -0.4 is 10.1 Å². The highest BCUT2D eigenvalue weighted by molar-refractivity contribution is 5.68. The summed E-state index contributed by atoms with van der Waals surface area (Å²) in [7, 11) is 0. The van der Waals surface area contributed by atoms with Crippen LogP contribution in [0.15, 0.2) is 67.3 Å². The van der Waals surface area contributed by atoms with Gasteiger partial charge in [0, 0.05) is 0 Å². The van der Waals surface area contributed by atoms with Gasteiger partial charge >= 0.3 is 6.09 Å². The maximum Gasteiger partial charge on any atom is 0.408 e. The van der Waals surface area contributed by atoms with E-state index in [2.05, 4.69) is 11.9 Å². The zero-order valence-corrected chi connectivity index (χ0v) is 15.7. The van der Waals surface area contributed by atoms with Crippen molar-refractivity contribution >= 4 is 6.09 Å². The quantitative estimate of drug-likeness (QED) is 0.721. The smallest absolute Gasteiger partial charge is 0.408 e. The molecule has 1 atom stereocenters. The third-order valence-corrected chi connectivity index (χ3v) is 3.61. The van der Waals surface area contributed by atoms with E-state index in [-0.39, 0.29) is 6.04 Å². The first-order valence-electron chi connectivity index (χ1n) is 8.73. The Balaban J connectivity index is 1.86. The number of ether oxygens (including phenoxy) is 2. The second-order valence-electron chi connectivity index (χ2n) is 7.11. The Bertz CT molecular complexity index is 702. The predicted octanol–water partition coefficient (Wildman–Crippen LogP) is 4.89. The van der Waals surface area contributed by atoms with E-state index in [4.69, 9.17) is 9.47 Å². The van der Waals surface area contributed by atoms with Crippen LogP contribution >= 0.6 is 0 Å². The van der Waals surface area contributed by atoms with Gasteiger partial charge in [-0.15, -0.1) is 6.58 Å². The highest BCUT2D eigenvalue weighted by Gasteiger charge is 2.18. The summed E-state index contributed by atoms with van der Waals surface area (Å²) in [5.41, 5.74) is 1.69. The van der Waals surface area contributed by atoms with Crippen LogP contribution in [0, 0.1) is 0 Å². The van der Waals surface area contributed by atoms with Gasteiger partial charge in [0.15, 0.2) is 0 Å². The Morgan fingerprint density at radius 2 is 1.73 bits per heavy atom. The fraction of sp³-hybridized carbons (Fsp3) is 0.318. The minimum absolute atomic E-state index is 0.194. The maximum absolute atomic E-state index is 11.9. The molecule has 0 saturated heterocycles. The van der Waals surface area contributed by atoms with Crippen molar-refractivity contribution in [1.29, 1.82) is 0 Å². The van der Waals surface area contributed by atoms with Gasteiger partial charge in [0.05, 0.1) is 6.04 Å². The number of carbonyl (C=O) groups is 1. The summed E-state index contributed by atoms with van der Waals surface area (Å²) in [4.78, 5) is 11.9. The van der Waals surface area contributed by atoms with Crippen molar-refractivity contribution in [2.45, 2.75) is 45.4 Å². The van der Waals surface area contributed by atoms with E-state index in [1.165, 1.54) is 0 Å². The molecular weight excluding hydrogens is 326 g/mol. The Morgan fingerprint density at radius 1 is 1.08 bits per heavy atom. The number of alkyl carbamates (subject to hydrolysis) is 1. The van der Waals surface area contributed by atoms with Crippen LogP contribution in [0.4, 0.5) is 4.79 Å². The molecule has 26 heavy (non-hydrogen) atoms. The molecule has 0 saturated carbocycles. The van der Waals surface area contributed by atoms with E-state index in [0.717, 1.165) is 16.9 Å². The lowest BCUT2D eigenvalue weighted by Gasteiger charge is -2.22. The Morgan fingerprint density at radius 3 is 2.31 bits per heavy atom. The highest BCUT2D eigenvalue weighted by Crippen LogP contribution is 2.16. The topological polar surface area (TPSA) is 47.6 Å². The van der Waals surface area contributed by atoms with Crippen LogP contribution in [0.25, 0.3) is 0 Å². The summed E-state index contributed by atoms with van der Waals surface area (Å²) in [6, 6.07) is 17.7. The van der Waals surface area contributed by atoms with Crippen LogP contribution in [0.5, 0.6) is 5.75 Å². The number of hydrogen-bond donors (Lipinski definition) is 1. The van der Waals surface area contributed by atoms with E-state index in [9.17, 15) is 4.79 Å². The third kappa shape index (κ3) is 7.01. The van der Waals surface area contributed by atoms with E-state index in [1.807, 2.05) is 75.4 Å². The molecule has 0 heterocycles. The second-order valence-corrected chi connectivity index (χ2v) is 7.11. The minimum Gasteiger partial charge on any atom is -0.489 e. The summed E-state index contributed by atoms with van der Waals surface area (Å²) >= 11 is 0. The van der Waals surface area contributed by atoms with Gasteiger partial charge < -0.3 is 14.8 Å². The van der Waals surface area contributed by atoms with Crippen LogP contribution in [-0.4, -0.2) is 17.7 Å². The monoisotopic (exact) mass is 353 g/mol. The molecule has 0 aliphatic heterocycles. The summed E-state index contributed by atoms with van der Waals surface area (Å²) in [6.07, 6.45) is 1.91. The fourth-order valence-electron chi connectivity index (χ4n) is 2.37. The number of benzene rings is 2. The zero-order valence-electron chi connectivity index (χ0n) is 15.7. The van der Waals surface area contributed by atoms with Gasteiger partial charge in [-0.3, -0.25) is 0 Å². The number of hydrogen-bond acceptors (Lipinski definition) is 3. The van der Waals surface area contributed by atoms with Gasteiger partial charge in [-0.25, -0.2) is 4.79 Å². The first-order valence-corrected chi connectivity index (χ1v) is 8.73. The Kier molecular flexibility index (Phi) is 6.84. The standard InChI is InChI=1S/C22H27NO3/c1-5-19(23-21(24)26-22(2,3)4)15-17-11-13-20(14-12-17)25-16-18-9-7-6-8-10-18/h5-14,19H,1,15-16H2,2-4H3,(H,23,24)/t19-/m0/s1. The second kappa shape index (κ2) is 9.09. The molecule has 2 aromatic rings. The number of rotatable bonds is 7. The molecule has 138 valence electrons. The summed E-state index contributed by atoms with van der Waals surface area (Å²) in [5.74, 6) is 0.813. The molecule has 2 rings (SSSR count). The Labute approximate surface area is 155 Å². The van der Waals surface area contributed by atoms with Crippen LogP contribution in [0.3, 0.4) is 0 Å². The van der Waals surface area contributed by atoms with Crippen molar-refractivity contribution in [3.8, 4) is 5.75 Å². The van der Waals surface area contributed by atoms with Crippen molar-refractivity contribution in [2.75, 3.05) is 0 Å². The summed E-state index contributed by atoms with van der Waals surface area (Å²) in [6.45, 7) is 9.84. The van der Waals surface area contributed by atoms with Crippen LogP contribution in [0.1, 0.15) is 31.9 Å². The first kappa shape index (κ1) is 19.6.